The third-order valence-corrected chi connectivity index (χ3v) is 6.55. The van der Waals surface area contributed by atoms with Gasteiger partial charge in [-0.15, -0.1) is 0 Å². The Kier molecular flexibility index (Phi) is 7.73. The molecule has 0 aliphatic rings. The average Bonchev–Trinajstić information content (AvgIpc) is 2.80. The van der Waals surface area contributed by atoms with Gasteiger partial charge in [0.25, 0.3) is 0 Å². The van der Waals surface area contributed by atoms with Crippen LogP contribution in [0.4, 0.5) is 5.69 Å². The molecule has 2 N–H and O–H groups in total. The number of ether oxygens (including phenoxy) is 2. The molecule has 174 valence electrons. The molecule has 1 unspecified atom stereocenters. The van der Waals surface area contributed by atoms with Crippen molar-refractivity contribution >= 4 is 21.6 Å². The van der Waals surface area contributed by atoms with E-state index in [4.69, 9.17) is 9.47 Å². The maximum Gasteiger partial charge on any atom is 0.244 e. The highest BCUT2D eigenvalue weighted by Crippen LogP contribution is 2.30. The number of carbonyl (C=O) groups excluding carboxylic acids is 1. The molecule has 0 aromatic heterocycles. The lowest BCUT2D eigenvalue weighted by molar-refractivity contribution is -0.117. The molecule has 0 aliphatic carbocycles. The molecule has 0 saturated heterocycles. The number of sulfonamides is 1. The van der Waals surface area contributed by atoms with Gasteiger partial charge in [-0.1, -0.05) is 50.2 Å². The first-order chi connectivity index (χ1) is 15.7. The molecule has 0 bridgehead atoms. The Labute approximate surface area is 194 Å². The quantitative estimate of drug-likeness (QED) is 0.465. The number of methoxy groups -OCH3 is 1. The second-order valence-electron chi connectivity index (χ2n) is 7.81. The van der Waals surface area contributed by atoms with Gasteiger partial charge in [0.2, 0.25) is 15.9 Å². The molecule has 0 fully saturated rings. The third-order valence-electron chi connectivity index (χ3n) is 4.99. The number of hydrogen-bond acceptors (Lipinski definition) is 5. The Morgan fingerprint density at radius 1 is 0.879 bits per heavy atom. The first-order valence-electron chi connectivity index (χ1n) is 10.5. The summed E-state index contributed by atoms with van der Waals surface area (Å²) >= 11 is 0. The number of para-hydroxylation sites is 3. The van der Waals surface area contributed by atoms with Crippen LogP contribution >= 0.6 is 0 Å². The molecule has 0 aliphatic heterocycles. The standard InChI is InChI=1S/C25H28N2O5S/c1-17(2)19-14-15-23(31-4)24(16-19)33(29,30)27-18(3)25(28)26-21-12-8-9-13-22(21)32-20-10-6-5-7-11-20/h5-18,27H,1-4H3,(H,26,28). The van der Waals surface area contributed by atoms with Crippen molar-refractivity contribution in [2.24, 2.45) is 0 Å². The number of benzene rings is 3. The van der Waals surface area contributed by atoms with Gasteiger partial charge in [-0.2, -0.15) is 4.72 Å². The van der Waals surface area contributed by atoms with E-state index in [1.807, 2.05) is 38.1 Å². The van der Waals surface area contributed by atoms with Crippen LogP contribution in [0.2, 0.25) is 0 Å². The van der Waals surface area contributed by atoms with Crippen molar-refractivity contribution in [3.8, 4) is 17.2 Å². The minimum Gasteiger partial charge on any atom is -0.495 e. The van der Waals surface area contributed by atoms with Crippen LogP contribution in [-0.2, 0) is 14.8 Å². The van der Waals surface area contributed by atoms with Crippen LogP contribution in [-0.4, -0.2) is 27.5 Å². The van der Waals surface area contributed by atoms with Gasteiger partial charge >= 0.3 is 0 Å². The zero-order valence-electron chi connectivity index (χ0n) is 19.0. The summed E-state index contributed by atoms with van der Waals surface area (Å²) in [4.78, 5) is 12.8. The molecule has 8 heteroatoms. The van der Waals surface area contributed by atoms with Gasteiger partial charge in [-0.05, 0) is 54.8 Å². The first kappa shape index (κ1) is 24.3. The van der Waals surface area contributed by atoms with Crippen LogP contribution < -0.4 is 19.5 Å². The van der Waals surface area contributed by atoms with Gasteiger partial charge in [-0.3, -0.25) is 4.79 Å². The summed E-state index contributed by atoms with van der Waals surface area (Å²) in [5.41, 5.74) is 1.28. The van der Waals surface area contributed by atoms with E-state index in [9.17, 15) is 13.2 Å². The van der Waals surface area contributed by atoms with Gasteiger partial charge in [0, 0.05) is 0 Å². The van der Waals surface area contributed by atoms with Crippen LogP contribution in [0.3, 0.4) is 0 Å². The fraction of sp³-hybridized carbons (Fsp3) is 0.240. The van der Waals surface area contributed by atoms with E-state index in [-0.39, 0.29) is 16.6 Å². The van der Waals surface area contributed by atoms with E-state index >= 15 is 0 Å². The highest BCUT2D eigenvalue weighted by Gasteiger charge is 2.26. The first-order valence-corrected chi connectivity index (χ1v) is 12.0. The van der Waals surface area contributed by atoms with Crippen molar-refractivity contribution in [3.05, 3.63) is 78.4 Å². The number of hydrogen-bond donors (Lipinski definition) is 2. The number of amides is 1. The van der Waals surface area contributed by atoms with E-state index in [1.165, 1.54) is 14.0 Å². The highest BCUT2D eigenvalue weighted by atomic mass is 32.2. The number of carbonyl (C=O) groups is 1. The topological polar surface area (TPSA) is 93.7 Å². The number of nitrogens with one attached hydrogen (secondary N) is 2. The van der Waals surface area contributed by atoms with Crippen molar-refractivity contribution in [1.82, 2.24) is 4.72 Å². The monoisotopic (exact) mass is 468 g/mol. The molecule has 3 aromatic rings. The van der Waals surface area contributed by atoms with E-state index in [1.54, 1.807) is 48.5 Å². The maximum absolute atomic E-state index is 13.1. The van der Waals surface area contributed by atoms with Crippen LogP contribution in [0.25, 0.3) is 0 Å². The lowest BCUT2D eigenvalue weighted by Crippen LogP contribution is -2.41. The van der Waals surface area contributed by atoms with E-state index < -0.39 is 22.0 Å². The predicted octanol–water partition coefficient (Wildman–Crippen LogP) is 4.92. The Hall–Kier alpha value is -3.36. The molecule has 3 aromatic carbocycles. The molecule has 1 amide bonds. The second-order valence-corrected chi connectivity index (χ2v) is 9.49. The molecule has 33 heavy (non-hydrogen) atoms. The van der Waals surface area contributed by atoms with Crippen LogP contribution in [0.1, 0.15) is 32.3 Å². The van der Waals surface area contributed by atoms with E-state index in [0.717, 1.165) is 5.56 Å². The van der Waals surface area contributed by atoms with Crippen molar-refractivity contribution in [3.63, 3.8) is 0 Å². The van der Waals surface area contributed by atoms with Gasteiger partial charge in [-0.25, -0.2) is 8.42 Å². The summed E-state index contributed by atoms with van der Waals surface area (Å²) in [6.07, 6.45) is 0. The van der Waals surface area contributed by atoms with Crippen LogP contribution in [0, 0.1) is 0 Å². The SMILES string of the molecule is COc1ccc(C(C)C)cc1S(=O)(=O)NC(C)C(=O)Nc1ccccc1Oc1ccccc1. The second kappa shape index (κ2) is 10.5. The average molecular weight is 469 g/mol. The zero-order chi connectivity index (χ0) is 24.0. The minimum atomic E-state index is -4.02. The Morgan fingerprint density at radius 2 is 1.55 bits per heavy atom. The summed E-state index contributed by atoms with van der Waals surface area (Å²) < 4.78 is 39.7. The molecule has 1 atom stereocenters. The fourth-order valence-corrected chi connectivity index (χ4v) is 4.53. The number of rotatable bonds is 9. The maximum atomic E-state index is 13.1. The van der Waals surface area contributed by atoms with Gasteiger partial charge in [0.05, 0.1) is 18.8 Å². The Bertz CT molecular complexity index is 1210. The summed E-state index contributed by atoms with van der Waals surface area (Å²) in [7, 11) is -2.62. The molecule has 0 heterocycles. The van der Waals surface area contributed by atoms with Gasteiger partial charge in [0.15, 0.2) is 5.75 Å². The molecular weight excluding hydrogens is 440 g/mol. The Morgan fingerprint density at radius 3 is 2.21 bits per heavy atom. The number of anilines is 1. The lowest BCUT2D eigenvalue weighted by atomic mass is 10.0. The molecule has 0 radical (unpaired) electrons. The van der Waals surface area contributed by atoms with Crippen LogP contribution in [0.5, 0.6) is 17.2 Å². The predicted molar refractivity (Wildman–Crippen MR) is 128 cm³/mol. The molecule has 0 spiro atoms. The van der Waals surface area contributed by atoms with Gasteiger partial charge in [0.1, 0.15) is 16.4 Å². The summed E-state index contributed by atoms with van der Waals surface area (Å²) in [6.45, 7) is 5.42. The molecule has 3 rings (SSSR count). The van der Waals surface area contributed by atoms with Crippen molar-refractivity contribution in [2.45, 2.75) is 37.6 Å². The lowest BCUT2D eigenvalue weighted by Gasteiger charge is -2.18. The summed E-state index contributed by atoms with van der Waals surface area (Å²) in [6, 6.07) is 20.1. The molecular formula is C25H28N2O5S. The van der Waals surface area contributed by atoms with Crippen LogP contribution in [0.15, 0.2) is 77.7 Å². The minimum absolute atomic E-state index is 0.0105. The summed E-state index contributed by atoms with van der Waals surface area (Å²) in [5.74, 6) is 0.873. The largest absolute Gasteiger partial charge is 0.495 e. The third kappa shape index (κ3) is 6.12. The van der Waals surface area contributed by atoms with E-state index in [0.29, 0.717) is 17.2 Å². The van der Waals surface area contributed by atoms with Crippen molar-refractivity contribution in [1.29, 1.82) is 0 Å². The fourth-order valence-electron chi connectivity index (χ4n) is 3.13. The zero-order valence-corrected chi connectivity index (χ0v) is 19.8. The molecule has 0 saturated carbocycles. The van der Waals surface area contributed by atoms with Crippen molar-refractivity contribution < 1.29 is 22.7 Å². The van der Waals surface area contributed by atoms with Gasteiger partial charge < -0.3 is 14.8 Å². The Balaban J connectivity index is 1.77. The normalized spacial score (nSPS) is 12.3. The van der Waals surface area contributed by atoms with Crippen molar-refractivity contribution in [2.75, 3.05) is 12.4 Å². The smallest absolute Gasteiger partial charge is 0.244 e. The highest BCUT2D eigenvalue weighted by molar-refractivity contribution is 7.89. The van der Waals surface area contributed by atoms with E-state index in [2.05, 4.69) is 10.0 Å². The molecule has 7 nitrogen and oxygen atoms in total. The summed E-state index contributed by atoms with van der Waals surface area (Å²) in [5, 5.41) is 2.74.